The van der Waals surface area contributed by atoms with Crippen LogP contribution >= 0.6 is 15.9 Å². The van der Waals surface area contributed by atoms with Crippen molar-refractivity contribution in [3.63, 3.8) is 0 Å². The summed E-state index contributed by atoms with van der Waals surface area (Å²) in [7, 11) is 0. The van der Waals surface area contributed by atoms with Crippen LogP contribution in [0.2, 0.25) is 0 Å². The molecule has 0 bridgehead atoms. The molecule has 3 aromatic carbocycles. The Kier molecular flexibility index (Phi) is 4.25. The molecule has 0 fully saturated rings. The molecule has 0 aliphatic heterocycles. The van der Waals surface area contributed by atoms with E-state index in [0.29, 0.717) is 27.7 Å². The molecule has 0 aliphatic carbocycles. The molecule has 0 aliphatic rings. The van der Waals surface area contributed by atoms with E-state index in [9.17, 15) is 14.9 Å². The van der Waals surface area contributed by atoms with Crippen LogP contribution < -0.4 is 5.63 Å². The first kappa shape index (κ1) is 18.3. The molecule has 0 spiro atoms. The molecule has 6 nitrogen and oxygen atoms in total. The van der Waals surface area contributed by atoms with E-state index in [0.717, 1.165) is 10.0 Å². The summed E-state index contributed by atoms with van der Waals surface area (Å²) >= 11 is 3.47. The Labute approximate surface area is 177 Å². The molecule has 0 radical (unpaired) electrons. The maximum absolute atomic E-state index is 13.0. The molecule has 0 saturated carbocycles. The highest BCUT2D eigenvalue weighted by Crippen LogP contribution is 2.42. The average Bonchev–Trinajstić information content (AvgIpc) is 3.17. The summed E-state index contributed by atoms with van der Waals surface area (Å²) in [6, 6.07) is 20.8. The van der Waals surface area contributed by atoms with Crippen molar-refractivity contribution in [3.05, 3.63) is 97.8 Å². The van der Waals surface area contributed by atoms with E-state index >= 15 is 0 Å². The number of non-ortho nitro benzene ring substituents is 1. The van der Waals surface area contributed by atoms with Crippen LogP contribution in [0, 0.1) is 10.1 Å². The van der Waals surface area contributed by atoms with Crippen molar-refractivity contribution in [2.24, 2.45) is 0 Å². The van der Waals surface area contributed by atoms with Crippen LogP contribution in [0.25, 0.3) is 44.4 Å². The quantitative estimate of drug-likeness (QED) is 0.173. The molecule has 146 valence electrons. The summed E-state index contributed by atoms with van der Waals surface area (Å²) in [6.07, 6.45) is 0. The second-order valence-electron chi connectivity index (χ2n) is 6.71. The lowest BCUT2D eigenvalue weighted by Gasteiger charge is -2.02. The van der Waals surface area contributed by atoms with Crippen molar-refractivity contribution in [2.45, 2.75) is 0 Å². The van der Waals surface area contributed by atoms with Gasteiger partial charge in [0.1, 0.15) is 22.5 Å². The minimum atomic E-state index is -0.563. The lowest BCUT2D eigenvalue weighted by atomic mass is 10.0. The highest BCUT2D eigenvalue weighted by molar-refractivity contribution is 9.10. The smallest absolute Gasteiger partial charge is 0.348 e. The monoisotopic (exact) mass is 461 g/mol. The summed E-state index contributed by atoms with van der Waals surface area (Å²) in [5, 5.41) is 12.8. The summed E-state index contributed by atoms with van der Waals surface area (Å²) in [5.74, 6) is 0.742. The van der Waals surface area contributed by atoms with Gasteiger partial charge in [-0.2, -0.15) is 0 Å². The van der Waals surface area contributed by atoms with Gasteiger partial charge in [0.15, 0.2) is 0 Å². The summed E-state index contributed by atoms with van der Waals surface area (Å²) in [6.45, 7) is 0. The molecule has 5 aromatic rings. The first-order valence-corrected chi connectivity index (χ1v) is 9.81. The third-order valence-corrected chi connectivity index (χ3v) is 5.37. The number of rotatable bonds is 3. The van der Waals surface area contributed by atoms with Crippen molar-refractivity contribution in [1.82, 2.24) is 0 Å². The zero-order valence-electron chi connectivity index (χ0n) is 15.3. The van der Waals surface area contributed by atoms with Gasteiger partial charge in [-0.15, -0.1) is 0 Å². The van der Waals surface area contributed by atoms with E-state index in [-0.39, 0.29) is 16.8 Å². The van der Waals surface area contributed by atoms with Gasteiger partial charge in [0.2, 0.25) is 0 Å². The number of halogens is 1. The Morgan fingerprint density at radius 3 is 2.30 bits per heavy atom. The summed E-state index contributed by atoms with van der Waals surface area (Å²) < 4.78 is 12.6. The second kappa shape index (κ2) is 6.96. The van der Waals surface area contributed by atoms with E-state index in [1.807, 2.05) is 36.4 Å². The first-order valence-electron chi connectivity index (χ1n) is 9.02. The summed E-state index contributed by atoms with van der Waals surface area (Å²) in [5.41, 5.74) is 0.988. The standard InChI is InChI=1S/C23H12BrNO5/c24-15-9-10-18-17(12-15)19-20(23(26)29-18)22(14-7-4-8-16(11-14)25(27)28)30-21(19)13-5-2-1-3-6-13/h1-12H. The minimum absolute atomic E-state index is 0.0915. The predicted octanol–water partition coefficient (Wildman–Crippen LogP) is 6.54. The van der Waals surface area contributed by atoms with Gasteiger partial charge in [0.25, 0.3) is 5.69 Å². The zero-order valence-corrected chi connectivity index (χ0v) is 16.9. The number of nitrogens with zero attached hydrogens (tertiary/aromatic N) is 1. The number of fused-ring (bicyclic) bond motifs is 3. The lowest BCUT2D eigenvalue weighted by Crippen LogP contribution is -1.99. The first-order chi connectivity index (χ1) is 14.5. The highest BCUT2D eigenvalue weighted by atomic mass is 79.9. The van der Waals surface area contributed by atoms with Crippen LogP contribution in [0.15, 0.2) is 90.9 Å². The second-order valence-corrected chi connectivity index (χ2v) is 7.63. The number of hydrogen-bond donors (Lipinski definition) is 0. The van der Waals surface area contributed by atoms with Crippen LogP contribution in [-0.4, -0.2) is 4.92 Å². The highest BCUT2D eigenvalue weighted by Gasteiger charge is 2.24. The molecular weight excluding hydrogens is 450 g/mol. The number of furan rings is 1. The molecule has 0 amide bonds. The molecule has 2 aromatic heterocycles. The van der Waals surface area contributed by atoms with Crippen LogP contribution in [0.3, 0.4) is 0 Å². The van der Waals surface area contributed by atoms with Gasteiger partial charge in [-0.05, 0) is 18.2 Å². The Balaban J connectivity index is 1.95. The fraction of sp³-hybridized carbons (Fsp3) is 0. The fourth-order valence-corrected chi connectivity index (χ4v) is 3.94. The number of nitro groups is 1. The number of benzene rings is 3. The van der Waals surface area contributed by atoms with Crippen molar-refractivity contribution < 1.29 is 13.8 Å². The molecule has 30 heavy (non-hydrogen) atoms. The predicted molar refractivity (Wildman–Crippen MR) is 117 cm³/mol. The maximum atomic E-state index is 13.0. The van der Waals surface area contributed by atoms with Crippen LogP contribution in [0.1, 0.15) is 0 Å². The number of nitro benzene ring substituents is 1. The molecular formula is C23H12BrNO5. The van der Waals surface area contributed by atoms with Crippen LogP contribution in [0.4, 0.5) is 5.69 Å². The van der Waals surface area contributed by atoms with Gasteiger partial charge in [-0.25, -0.2) is 4.79 Å². The third-order valence-electron chi connectivity index (χ3n) is 4.88. The van der Waals surface area contributed by atoms with Crippen molar-refractivity contribution in [1.29, 1.82) is 0 Å². The van der Waals surface area contributed by atoms with Gasteiger partial charge < -0.3 is 8.83 Å². The molecule has 0 atom stereocenters. The Morgan fingerprint density at radius 1 is 0.800 bits per heavy atom. The van der Waals surface area contributed by atoms with E-state index in [1.54, 1.807) is 24.3 Å². The van der Waals surface area contributed by atoms with Gasteiger partial charge in [0.05, 0.1) is 4.92 Å². The number of hydrogen-bond acceptors (Lipinski definition) is 5. The Morgan fingerprint density at radius 2 is 1.53 bits per heavy atom. The third kappa shape index (κ3) is 2.91. The minimum Gasteiger partial charge on any atom is -0.454 e. The van der Waals surface area contributed by atoms with Gasteiger partial charge in [-0.1, -0.05) is 58.4 Å². The van der Waals surface area contributed by atoms with Gasteiger partial charge in [-0.3, -0.25) is 10.1 Å². The maximum Gasteiger partial charge on any atom is 0.348 e. The molecule has 0 saturated heterocycles. The largest absolute Gasteiger partial charge is 0.454 e. The molecule has 2 heterocycles. The Hall–Kier alpha value is -3.71. The topological polar surface area (TPSA) is 86.5 Å². The zero-order chi connectivity index (χ0) is 20.8. The Bertz CT molecular complexity index is 1500. The molecule has 7 heteroatoms. The van der Waals surface area contributed by atoms with Crippen molar-refractivity contribution in [3.8, 4) is 22.6 Å². The van der Waals surface area contributed by atoms with Crippen LogP contribution in [0.5, 0.6) is 0 Å². The normalized spacial score (nSPS) is 11.2. The van der Waals surface area contributed by atoms with E-state index in [2.05, 4.69) is 15.9 Å². The van der Waals surface area contributed by atoms with Gasteiger partial charge >= 0.3 is 5.63 Å². The molecule has 0 N–H and O–H groups in total. The average molecular weight is 462 g/mol. The van der Waals surface area contributed by atoms with Crippen LogP contribution in [-0.2, 0) is 0 Å². The lowest BCUT2D eigenvalue weighted by molar-refractivity contribution is -0.384. The molecule has 0 unspecified atom stereocenters. The molecule has 5 rings (SSSR count). The fourth-order valence-electron chi connectivity index (χ4n) is 3.58. The van der Waals surface area contributed by atoms with E-state index in [1.165, 1.54) is 12.1 Å². The summed E-state index contributed by atoms with van der Waals surface area (Å²) in [4.78, 5) is 23.7. The SMILES string of the molecule is O=c1oc2ccc(Br)cc2c2c(-c3ccccc3)oc(-c3cccc([N+](=O)[O-])c3)c12. The van der Waals surface area contributed by atoms with Crippen molar-refractivity contribution in [2.75, 3.05) is 0 Å². The van der Waals surface area contributed by atoms with E-state index in [4.69, 9.17) is 8.83 Å². The van der Waals surface area contributed by atoms with Gasteiger partial charge in [0, 0.05) is 38.5 Å². The van der Waals surface area contributed by atoms with Crippen molar-refractivity contribution >= 4 is 43.4 Å². The van der Waals surface area contributed by atoms with E-state index < -0.39 is 10.5 Å².